The third kappa shape index (κ3) is 3.26. The zero-order valence-electron chi connectivity index (χ0n) is 14.8. The number of ketones is 1. The van der Waals surface area contributed by atoms with Crippen LogP contribution in [0.1, 0.15) is 35.8 Å². The quantitative estimate of drug-likeness (QED) is 0.529. The van der Waals surface area contributed by atoms with E-state index in [2.05, 4.69) is 20.5 Å². The molecule has 1 aliphatic heterocycles. The maximum absolute atomic E-state index is 13.1. The van der Waals surface area contributed by atoms with Crippen LogP contribution in [-0.2, 0) is 11.3 Å². The van der Waals surface area contributed by atoms with Crippen molar-refractivity contribution in [3.05, 3.63) is 35.5 Å². The normalized spacial score (nSPS) is 18.5. The van der Waals surface area contributed by atoms with Gasteiger partial charge in [0.15, 0.2) is 5.78 Å². The van der Waals surface area contributed by atoms with Crippen molar-refractivity contribution in [1.82, 2.24) is 25.2 Å². The number of nitrogens with zero attached hydrogens (tertiary/aromatic N) is 4. The number of hydrogen-bond donors (Lipinski definition) is 1. The average Bonchev–Trinajstić information content (AvgIpc) is 3.35. The molecular weight excluding hydrogens is 350 g/mol. The minimum absolute atomic E-state index is 0.0802. The summed E-state index contributed by atoms with van der Waals surface area (Å²) in [7, 11) is 0. The highest BCUT2D eigenvalue weighted by molar-refractivity contribution is 8.00. The molecular formula is C18H21N5O2S. The molecule has 3 aromatic rings. The van der Waals surface area contributed by atoms with Crippen LogP contribution in [-0.4, -0.2) is 48.9 Å². The van der Waals surface area contributed by atoms with Gasteiger partial charge in [0.25, 0.3) is 0 Å². The largest absolute Gasteiger partial charge is 0.376 e. The fourth-order valence-corrected chi connectivity index (χ4v) is 4.24. The third-order valence-corrected chi connectivity index (χ3v) is 5.76. The van der Waals surface area contributed by atoms with Crippen molar-refractivity contribution in [3.63, 3.8) is 0 Å². The van der Waals surface area contributed by atoms with Crippen LogP contribution in [0.25, 0.3) is 10.9 Å². The Morgan fingerprint density at radius 3 is 3.12 bits per heavy atom. The summed E-state index contributed by atoms with van der Waals surface area (Å²) in [6.45, 7) is 5.26. The molecule has 0 saturated carbocycles. The number of aromatic nitrogens is 5. The van der Waals surface area contributed by atoms with Gasteiger partial charge in [0.2, 0.25) is 5.16 Å². The van der Waals surface area contributed by atoms with Crippen molar-refractivity contribution < 1.29 is 9.53 Å². The van der Waals surface area contributed by atoms with E-state index in [1.807, 2.05) is 38.1 Å². The minimum Gasteiger partial charge on any atom is -0.376 e. The molecule has 1 saturated heterocycles. The van der Waals surface area contributed by atoms with Gasteiger partial charge in [-0.25, -0.2) is 4.68 Å². The lowest BCUT2D eigenvalue weighted by molar-refractivity contribution is 0.0911. The van der Waals surface area contributed by atoms with Gasteiger partial charge in [0.1, 0.15) is 0 Å². The van der Waals surface area contributed by atoms with Crippen LogP contribution >= 0.6 is 11.8 Å². The van der Waals surface area contributed by atoms with Gasteiger partial charge in [0.05, 0.1) is 17.9 Å². The lowest BCUT2D eigenvalue weighted by Crippen LogP contribution is -2.19. The molecule has 26 heavy (non-hydrogen) atoms. The van der Waals surface area contributed by atoms with Crippen LogP contribution < -0.4 is 0 Å². The number of aryl methyl sites for hydroxylation is 1. The van der Waals surface area contributed by atoms with Crippen molar-refractivity contribution in [1.29, 1.82) is 0 Å². The molecule has 3 heterocycles. The first-order valence-corrected chi connectivity index (χ1v) is 9.67. The number of fused-ring (bicyclic) bond motifs is 1. The summed E-state index contributed by atoms with van der Waals surface area (Å²) in [5.41, 5.74) is 2.62. The Labute approximate surface area is 155 Å². The number of rotatable bonds is 6. The van der Waals surface area contributed by atoms with E-state index >= 15 is 0 Å². The molecule has 0 radical (unpaired) electrons. The Hall–Kier alpha value is -2.19. The van der Waals surface area contributed by atoms with Gasteiger partial charge in [-0.05, 0) is 43.2 Å². The molecule has 2 aromatic heterocycles. The van der Waals surface area contributed by atoms with Gasteiger partial charge in [-0.15, -0.1) is 5.10 Å². The van der Waals surface area contributed by atoms with Gasteiger partial charge in [-0.1, -0.05) is 30.0 Å². The van der Waals surface area contributed by atoms with E-state index in [0.717, 1.165) is 41.6 Å². The monoisotopic (exact) mass is 371 g/mol. The number of aromatic amines is 1. The minimum atomic E-state index is -0.290. The van der Waals surface area contributed by atoms with Crippen LogP contribution in [0.5, 0.6) is 0 Å². The molecule has 136 valence electrons. The molecule has 2 atom stereocenters. The maximum atomic E-state index is 13.1. The molecule has 0 spiro atoms. The second-order valence-corrected chi connectivity index (χ2v) is 7.88. The number of hydrogen-bond acceptors (Lipinski definition) is 6. The Morgan fingerprint density at radius 2 is 2.31 bits per heavy atom. The van der Waals surface area contributed by atoms with E-state index in [1.165, 1.54) is 11.8 Å². The van der Waals surface area contributed by atoms with Crippen molar-refractivity contribution in [2.75, 3.05) is 6.61 Å². The molecule has 0 amide bonds. The smallest absolute Gasteiger partial charge is 0.210 e. The topological polar surface area (TPSA) is 85.7 Å². The predicted molar refractivity (Wildman–Crippen MR) is 99.5 cm³/mol. The second-order valence-electron chi connectivity index (χ2n) is 6.57. The van der Waals surface area contributed by atoms with E-state index in [0.29, 0.717) is 11.7 Å². The molecule has 0 unspecified atom stereocenters. The number of benzene rings is 1. The van der Waals surface area contributed by atoms with Crippen molar-refractivity contribution in [2.45, 2.75) is 49.7 Å². The van der Waals surface area contributed by atoms with Crippen LogP contribution in [0.15, 0.2) is 29.4 Å². The Kier molecular flexibility index (Phi) is 4.78. The highest BCUT2D eigenvalue weighted by atomic mass is 32.2. The first kappa shape index (κ1) is 17.2. The highest BCUT2D eigenvalue weighted by Crippen LogP contribution is 2.29. The van der Waals surface area contributed by atoms with Gasteiger partial charge < -0.3 is 9.72 Å². The second kappa shape index (κ2) is 7.20. The lowest BCUT2D eigenvalue weighted by atomic mass is 10.1. The number of H-pyrrole nitrogens is 1. The van der Waals surface area contributed by atoms with Gasteiger partial charge in [-0.2, -0.15) is 0 Å². The van der Waals surface area contributed by atoms with Crippen LogP contribution in [0.2, 0.25) is 0 Å². The summed E-state index contributed by atoms with van der Waals surface area (Å²) < 4.78 is 7.40. The van der Waals surface area contributed by atoms with Crippen molar-refractivity contribution in [2.24, 2.45) is 0 Å². The number of carbonyl (C=O) groups excluding carboxylic acids is 1. The Bertz CT molecular complexity index is 929. The number of thioether (sulfide) groups is 1. The Balaban J connectivity index is 1.53. The van der Waals surface area contributed by atoms with Crippen LogP contribution in [0.4, 0.5) is 0 Å². The van der Waals surface area contributed by atoms with E-state index in [4.69, 9.17) is 4.74 Å². The molecule has 4 rings (SSSR count). The van der Waals surface area contributed by atoms with Crippen LogP contribution in [0.3, 0.4) is 0 Å². The van der Waals surface area contributed by atoms with Crippen molar-refractivity contribution >= 4 is 28.4 Å². The van der Waals surface area contributed by atoms with E-state index in [9.17, 15) is 4.79 Å². The SMILES string of the molecule is Cc1[nH]c2ccccc2c1C(=O)[C@H](C)Sc1nnnn1C[C@@H]1CCCO1. The number of tetrazole rings is 1. The van der Waals surface area contributed by atoms with Gasteiger partial charge in [0, 0.05) is 28.8 Å². The third-order valence-electron chi connectivity index (χ3n) is 4.69. The number of para-hydroxylation sites is 1. The van der Waals surface area contributed by atoms with Crippen molar-refractivity contribution in [3.8, 4) is 0 Å². The first-order chi connectivity index (χ1) is 12.6. The number of ether oxygens (including phenoxy) is 1. The fourth-order valence-electron chi connectivity index (χ4n) is 3.39. The summed E-state index contributed by atoms with van der Waals surface area (Å²) in [6.07, 6.45) is 2.25. The standard InChI is InChI=1S/C18H21N5O2S/c1-11-16(14-7-3-4-8-15(14)19-11)17(24)12(2)26-18-20-21-22-23(18)10-13-6-5-9-25-13/h3-4,7-8,12-13,19H,5-6,9-10H2,1-2H3/t12-,13-/m0/s1. The van der Waals surface area contributed by atoms with E-state index < -0.39 is 0 Å². The first-order valence-electron chi connectivity index (χ1n) is 8.79. The molecule has 0 bridgehead atoms. The van der Waals surface area contributed by atoms with E-state index in [-0.39, 0.29) is 17.1 Å². The summed E-state index contributed by atoms with van der Waals surface area (Å²) in [5.74, 6) is 0.0802. The zero-order chi connectivity index (χ0) is 18.1. The van der Waals surface area contributed by atoms with Gasteiger partial charge in [-0.3, -0.25) is 4.79 Å². The van der Waals surface area contributed by atoms with E-state index in [1.54, 1.807) is 4.68 Å². The lowest BCUT2D eigenvalue weighted by Gasteiger charge is -2.12. The van der Waals surface area contributed by atoms with Gasteiger partial charge >= 0.3 is 0 Å². The molecule has 1 N–H and O–H groups in total. The average molecular weight is 371 g/mol. The Morgan fingerprint density at radius 1 is 1.46 bits per heavy atom. The number of Topliss-reactive ketones (excluding diaryl/α,β-unsaturated/α-hetero) is 1. The summed E-state index contributed by atoms with van der Waals surface area (Å²) in [6, 6.07) is 7.88. The molecule has 1 aromatic carbocycles. The molecule has 7 nitrogen and oxygen atoms in total. The molecule has 1 fully saturated rings. The summed E-state index contributed by atoms with van der Waals surface area (Å²) in [4.78, 5) is 16.4. The summed E-state index contributed by atoms with van der Waals surface area (Å²) >= 11 is 1.39. The zero-order valence-corrected chi connectivity index (χ0v) is 15.6. The number of nitrogens with one attached hydrogen (secondary N) is 1. The predicted octanol–water partition coefficient (Wildman–Crippen LogP) is 3.01. The fraction of sp³-hybridized carbons (Fsp3) is 0.444. The summed E-state index contributed by atoms with van der Waals surface area (Å²) in [5, 5.41) is 13.3. The van der Waals surface area contributed by atoms with Crippen LogP contribution in [0, 0.1) is 6.92 Å². The molecule has 1 aliphatic rings. The molecule has 0 aliphatic carbocycles. The molecule has 8 heteroatoms. The highest BCUT2D eigenvalue weighted by Gasteiger charge is 2.25. The maximum Gasteiger partial charge on any atom is 0.210 e. The number of carbonyl (C=O) groups is 1.